The molecule has 1 aromatic carbocycles. The van der Waals surface area contributed by atoms with Gasteiger partial charge in [0, 0.05) is 12.3 Å². The number of carbonyl (C=O) groups is 1. The first kappa shape index (κ1) is 15.4. The molecular weight excluding hydrogens is 238 g/mol. The largest absolute Gasteiger partial charge is 0.461 e. The number of hydrogen-bond acceptors (Lipinski definition) is 2. The molecule has 1 atom stereocenters. The topological polar surface area (TPSA) is 51.9 Å². The van der Waals surface area contributed by atoms with Gasteiger partial charge in [-0.05, 0) is 12.0 Å². The molecule has 0 fully saturated rings. The third-order valence-corrected chi connectivity index (χ3v) is 3.23. The van der Waals surface area contributed by atoms with Crippen LogP contribution in [0.1, 0.15) is 39.2 Å². The van der Waals surface area contributed by atoms with E-state index in [1.165, 1.54) is 0 Å². The lowest BCUT2D eigenvalue weighted by Gasteiger charge is -2.11. The van der Waals surface area contributed by atoms with E-state index in [4.69, 9.17) is 10.1 Å². The van der Waals surface area contributed by atoms with Crippen LogP contribution in [0.4, 0.5) is 0 Å². The standard InChI is InChI=1S/C16H23NO2/c1-12(2)15(17)10-9-13(3)16(18)19-11-14-7-5-4-6-8-14/h4-8,12-13,17H,9-11H2,1-3H3/p+1/t13-/m0/s1. The van der Waals surface area contributed by atoms with Crippen LogP contribution < -0.4 is 5.41 Å². The molecule has 0 saturated heterocycles. The maximum absolute atomic E-state index is 11.8. The minimum absolute atomic E-state index is 0.110. The zero-order chi connectivity index (χ0) is 14.3. The van der Waals surface area contributed by atoms with E-state index in [0.29, 0.717) is 12.5 Å². The van der Waals surface area contributed by atoms with Crippen molar-refractivity contribution in [3.63, 3.8) is 0 Å². The van der Waals surface area contributed by atoms with Crippen molar-refractivity contribution in [3.05, 3.63) is 35.9 Å². The van der Waals surface area contributed by atoms with Crippen molar-refractivity contribution >= 4 is 11.7 Å². The summed E-state index contributed by atoms with van der Waals surface area (Å²) < 4.78 is 5.29. The van der Waals surface area contributed by atoms with Crippen molar-refractivity contribution < 1.29 is 14.9 Å². The molecule has 0 spiro atoms. The minimum atomic E-state index is -0.152. The SMILES string of the molecule is CC(C)C(=[NH2+])CC[C@H](C)C(=O)OCc1ccccc1. The van der Waals surface area contributed by atoms with Crippen LogP contribution in [0.5, 0.6) is 0 Å². The molecule has 0 aliphatic rings. The van der Waals surface area contributed by atoms with Gasteiger partial charge in [-0.2, -0.15) is 0 Å². The Hall–Kier alpha value is -1.64. The van der Waals surface area contributed by atoms with Crippen molar-refractivity contribution in [2.24, 2.45) is 11.8 Å². The number of nitrogens with two attached hydrogens (primary N) is 1. The second-order valence-electron chi connectivity index (χ2n) is 5.26. The summed E-state index contributed by atoms with van der Waals surface area (Å²) in [6.07, 6.45) is 1.52. The molecule has 0 amide bonds. The van der Waals surface area contributed by atoms with Gasteiger partial charge in [0.2, 0.25) is 0 Å². The van der Waals surface area contributed by atoms with Crippen LogP contribution in [0, 0.1) is 11.8 Å². The number of benzene rings is 1. The van der Waals surface area contributed by atoms with Gasteiger partial charge in [-0.1, -0.05) is 51.1 Å². The van der Waals surface area contributed by atoms with Crippen molar-refractivity contribution in [1.29, 1.82) is 0 Å². The lowest BCUT2D eigenvalue weighted by Crippen LogP contribution is -2.43. The first-order chi connectivity index (χ1) is 9.00. The lowest BCUT2D eigenvalue weighted by molar-refractivity contribution is -0.149. The van der Waals surface area contributed by atoms with Crippen LogP contribution in [0.2, 0.25) is 0 Å². The van der Waals surface area contributed by atoms with Crippen molar-refractivity contribution in [2.45, 2.75) is 40.2 Å². The van der Waals surface area contributed by atoms with Crippen LogP contribution in [0.25, 0.3) is 0 Å². The van der Waals surface area contributed by atoms with Crippen LogP contribution >= 0.6 is 0 Å². The summed E-state index contributed by atoms with van der Waals surface area (Å²) in [6.45, 7) is 6.36. The van der Waals surface area contributed by atoms with Gasteiger partial charge < -0.3 is 4.74 Å². The molecule has 0 aromatic heterocycles. The molecule has 1 aromatic rings. The van der Waals surface area contributed by atoms with Crippen molar-refractivity contribution in [2.75, 3.05) is 0 Å². The monoisotopic (exact) mass is 262 g/mol. The Morgan fingerprint density at radius 3 is 2.42 bits per heavy atom. The fourth-order valence-electron chi connectivity index (χ4n) is 1.66. The van der Waals surface area contributed by atoms with E-state index in [9.17, 15) is 4.79 Å². The summed E-state index contributed by atoms with van der Waals surface area (Å²) in [5.74, 6) is 0.106. The molecule has 0 unspecified atom stereocenters. The van der Waals surface area contributed by atoms with E-state index in [1.807, 2.05) is 37.3 Å². The summed E-state index contributed by atoms with van der Waals surface area (Å²) in [5.41, 5.74) is 1.96. The van der Waals surface area contributed by atoms with Crippen LogP contribution in [-0.2, 0) is 16.1 Å². The van der Waals surface area contributed by atoms with E-state index >= 15 is 0 Å². The van der Waals surface area contributed by atoms with Crippen molar-refractivity contribution in [1.82, 2.24) is 0 Å². The molecule has 19 heavy (non-hydrogen) atoms. The second-order valence-corrected chi connectivity index (χ2v) is 5.26. The van der Waals surface area contributed by atoms with E-state index in [2.05, 4.69) is 13.8 Å². The highest BCUT2D eigenvalue weighted by molar-refractivity contribution is 5.81. The van der Waals surface area contributed by atoms with Gasteiger partial charge in [0.05, 0.1) is 5.92 Å². The van der Waals surface area contributed by atoms with Crippen LogP contribution in [0.15, 0.2) is 30.3 Å². The molecular formula is C16H24NO2+. The highest BCUT2D eigenvalue weighted by Gasteiger charge is 2.17. The molecule has 0 heterocycles. The number of ether oxygens (including phenoxy) is 1. The maximum atomic E-state index is 11.8. The Kier molecular flexibility index (Phi) is 6.26. The van der Waals surface area contributed by atoms with E-state index in [1.54, 1.807) is 0 Å². The molecule has 0 bridgehead atoms. The molecule has 0 aliphatic carbocycles. The Labute approximate surface area is 115 Å². The van der Waals surface area contributed by atoms with E-state index in [0.717, 1.165) is 24.1 Å². The van der Waals surface area contributed by atoms with Crippen molar-refractivity contribution in [3.8, 4) is 0 Å². The summed E-state index contributed by atoms with van der Waals surface area (Å²) in [4.78, 5) is 11.8. The molecule has 0 radical (unpaired) electrons. The normalized spacial score (nSPS) is 12.2. The van der Waals surface area contributed by atoms with Gasteiger partial charge in [0.15, 0.2) is 5.71 Å². The van der Waals surface area contributed by atoms with Gasteiger partial charge in [-0.25, -0.2) is 0 Å². The van der Waals surface area contributed by atoms with Gasteiger partial charge >= 0.3 is 5.97 Å². The molecule has 1 rings (SSSR count). The lowest BCUT2D eigenvalue weighted by atomic mass is 9.98. The number of esters is 1. The molecule has 104 valence electrons. The third-order valence-electron chi connectivity index (χ3n) is 3.23. The molecule has 0 aliphatic heterocycles. The maximum Gasteiger partial charge on any atom is 0.308 e. The van der Waals surface area contributed by atoms with Gasteiger partial charge in [-0.15, -0.1) is 0 Å². The molecule has 0 saturated carbocycles. The molecule has 3 heteroatoms. The third kappa shape index (κ3) is 5.69. The summed E-state index contributed by atoms with van der Waals surface area (Å²) in [6, 6.07) is 9.71. The Balaban J connectivity index is 2.31. The predicted molar refractivity (Wildman–Crippen MR) is 76.4 cm³/mol. The second kappa shape index (κ2) is 7.72. The highest BCUT2D eigenvalue weighted by Crippen LogP contribution is 2.11. The predicted octanol–water partition coefficient (Wildman–Crippen LogP) is 2.00. The average molecular weight is 262 g/mol. The first-order valence-corrected chi connectivity index (χ1v) is 6.82. The van der Waals surface area contributed by atoms with Gasteiger partial charge in [0.25, 0.3) is 0 Å². The smallest absolute Gasteiger partial charge is 0.308 e. The highest BCUT2D eigenvalue weighted by atomic mass is 16.5. The fourth-order valence-corrected chi connectivity index (χ4v) is 1.66. The van der Waals surface area contributed by atoms with E-state index in [-0.39, 0.29) is 11.9 Å². The number of carbonyl (C=O) groups excluding carboxylic acids is 1. The summed E-state index contributed by atoms with van der Waals surface area (Å²) >= 11 is 0. The average Bonchev–Trinajstić information content (AvgIpc) is 2.42. The number of rotatable bonds is 7. The Morgan fingerprint density at radius 2 is 1.84 bits per heavy atom. The van der Waals surface area contributed by atoms with Gasteiger partial charge in [0.1, 0.15) is 6.61 Å². The van der Waals surface area contributed by atoms with Crippen LogP contribution in [-0.4, -0.2) is 11.7 Å². The summed E-state index contributed by atoms with van der Waals surface area (Å²) in [5, 5.41) is 5.89. The van der Waals surface area contributed by atoms with E-state index < -0.39 is 0 Å². The molecule has 2 N–H and O–H groups in total. The number of hydrogen-bond donors (Lipinski definition) is 1. The molecule has 3 nitrogen and oxygen atoms in total. The Morgan fingerprint density at radius 1 is 1.21 bits per heavy atom. The van der Waals surface area contributed by atoms with Crippen LogP contribution in [0.3, 0.4) is 0 Å². The quantitative estimate of drug-likeness (QED) is 0.603. The first-order valence-electron chi connectivity index (χ1n) is 6.82. The minimum Gasteiger partial charge on any atom is -0.461 e. The summed E-state index contributed by atoms with van der Waals surface area (Å²) in [7, 11) is 0. The zero-order valence-corrected chi connectivity index (χ0v) is 12.1. The van der Waals surface area contributed by atoms with Gasteiger partial charge in [-0.3, -0.25) is 10.2 Å². The Bertz CT molecular complexity index is 412. The fraction of sp³-hybridized carbons (Fsp3) is 0.500. The zero-order valence-electron chi connectivity index (χ0n) is 12.1.